The summed E-state index contributed by atoms with van der Waals surface area (Å²) in [5, 5.41) is 17.9. The van der Waals surface area contributed by atoms with Gasteiger partial charge in [0.15, 0.2) is 0 Å². The molecule has 4 heterocycles. The number of fused-ring (bicyclic) bond motifs is 1. The van der Waals surface area contributed by atoms with Crippen LogP contribution in [0.1, 0.15) is 34.8 Å². The van der Waals surface area contributed by atoms with Crippen LogP contribution in [0.25, 0.3) is 0 Å². The number of carbonyl (C=O) groups is 3. The fourth-order valence-electron chi connectivity index (χ4n) is 3.89. The minimum Gasteiger partial charge on any atom is -0.475 e. The number of alkyl halides is 6. The Morgan fingerprint density at radius 1 is 0.973 bits per heavy atom. The summed E-state index contributed by atoms with van der Waals surface area (Å²) in [7, 11) is 0. The predicted molar refractivity (Wildman–Crippen MR) is 111 cm³/mol. The normalized spacial score (nSPS) is 19.3. The highest BCUT2D eigenvalue weighted by atomic mass is 19.4. The molecule has 2 N–H and O–H groups in total. The molecule has 2 fully saturated rings. The Bertz CT molecular complexity index is 1050. The summed E-state index contributed by atoms with van der Waals surface area (Å²) in [5.74, 6) is -5.21. The summed E-state index contributed by atoms with van der Waals surface area (Å²) in [6.07, 6.45) is -6.63. The molecular weight excluding hydrogens is 518 g/mol. The lowest BCUT2D eigenvalue weighted by Gasteiger charge is -2.24. The van der Waals surface area contributed by atoms with E-state index in [4.69, 9.17) is 24.3 Å². The van der Waals surface area contributed by atoms with Crippen LogP contribution in [0.5, 0.6) is 0 Å². The first-order valence-electron chi connectivity index (χ1n) is 10.6. The maximum absolute atomic E-state index is 12.5. The molecule has 2 aliphatic rings. The zero-order valence-corrected chi connectivity index (χ0v) is 19.2. The highest BCUT2D eigenvalue weighted by molar-refractivity contribution is 5.91. The molecule has 2 aromatic heterocycles. The number of rotatable bonds is 3. The van der Waals surface area contributed by atoms with E-state index >= 15 is 0 Å². The van der Waals surface area contributed by atoms with Crippen molar-refractivity contribution < 1.29 is 55.5 Å². The molecule has 2 aliphatic heterocycles. The third kappa shape index (κ3) is 8.44. The molecule has 1 amide bonds. The largest absolute Gasteiger partial charge is 0.490 e. The third-order valence-corrected chi connectivity index (χ3v) is 5.40. The van der Waals surface area contributed by atoms with Crippen molar-refractivity contribution in [3.63, 3.8) is 0 Å². The molecule has 0 bridgehead atoms. The van der Waals surface area contributed by atoms with Gasteiger partial charge in [0, 0.05) is 43.5 Å². The topological polar surface area (TPSA) is 137 Å². The van der Waals surface area contributed by atoms with Crippen molar-refractivity contribution in [3.8, 4) is 0 Å². The van der Waals surface area contributed by atoms with Gasteiger partial charge < -0.3 is 19.6 Å². The van der Waals surface area contributed by atoms with Gasteiger partial charge in [0.1, 0.15) is 0 Å². The first-order valence-corrected chi connectivity index (χ1v) is 10.6. The highest BCUT2D eigenvalue weighted by Crippen LogP contribution is 2.33. The molecule has 204 valence electrons. The lowest BCUT2D eigenvalue weighted by Crippen LogP contribution is -2.39. The number of aryl methyl sites for hydroxylation is 1. The number of aromatic nitrogens is 2. The van der Waals surface area contributed by atoms with Crippen LogP contribution >= 0.6 is 0 Å². The van der Waals surface area contributed by atoms with Gasteiger partial charge in [-0.2, -0.15) is 26.3 Å². The van der Waals surface area contributed by atoms with E-state index < -0.39 is 24.3 Å². The summed E-state index contributed by atoms with van der Waals surface area (Å²) in [6, 6.07) is 8.48. The van der Waals surface area contributed by atoms with E-state index in [9.17, 15) is 31.1 Å². The molecular formula is C21H22F6N4O6. The number of carboxylic acid groups (broad SMARTS) is 2. The van der Waals surface area contributed by atoms with E-state index in [0.29, 0.717) is 11.8 Å². The average molecular weight is 540 g/mol. The molecule has 16 heteroatoms. The number of hydrogen-bond acceptors (Lipinski definition) is 7. The Balaban J connectivity index is 0.000000286. The number of aliphatic carboxylic acids is 2. The van der Waals surface area contributed by atoms with Gasteiger partial charge in [0.2, 0.25) is 5.76 Å². The standard InChI is InChI=1S/C17H20N4O2.2C2HF3O2/c1-12-3-2-4-13(19-12)11-20-9-6-15-14(20)7-10-21(15)17(22)16-5-8-18-23-16;2*3-2(4,5)1(6)7/h2-5,8,14-15H,6-7,9-11H2,1H3;2*(H,6,7)/t14-,15+;;/m0../s1. The highest BCUT2D eigenvalue weighted by Gasteiger charge is 2.45. The maximum atomic E-state index is 12.5. The van der Waals surface area contributed by atoms with Crippen molar-refractivity contribution in [2.45, 2.75) is 50.7 Å². The van der Waals surface area contributed by atoms with Crippen LogP contribution in [-0.4, -0.2) is 85.5 Å². The maximum Gasteiger partial charge on any atom is 0.490 e. The molecule has 0 saturated carbocycles. The molecule has 2 atom stereocenters. The lowest BCUT2D eigenvalue weighted by atomic mass is 10.1. The van der Waals surface area contributed by atoms with Gasteiger partial charge in [-0.3, -0.25) is 14.7 Å². The minimum absolute atomic E-state index is 0.0365. The van der Waals surface area contributed by atoms with E-state index in [1.807, 2.05) is 17.9 Å². The van der Waals surface area contributed by atoms with Gasteiger partial charge >= 0.3 is 24.3 Å². The zero-order valence-electron chi connectivity index (χ0n) is 19.2. The number of likely N-dealkylation sites (tertiary alicyclic amines) is 2. The van der Waals surface area contributed by atoms with Crippen LogP contribution in [0.4, 0.5) is 26.3 Å². The summed E-state index contributed by atoms with van der Waals surface area (Å²) in [6.45, 7) is 4.66. The fraction of sp³-hybridized carbons (Fsp3) is 0.476. The number of pyridine rings is 1. The van der Waals surface area contributed by atoms with Gasteiger partial charge in [-0.15, -0.1) is 0 Å². The SMILES string of the molecule is Cc1cccc(CN2CC[C@@H]3[C@@H]2CCN3C(=O)c2ccno2)n1.O=C(O)C(F)(F)F.O=C(O)C(F)(F)F. The Morgan fingerprint density at radius 2 is 1.54 bits per heavy atom. The number of amides is 1. The Kier molecular flexibility index (Phi) is 9.61. The number of carbonyl (C=O) groups excluding carboxylic acids is 1. The van der Waals surface area contributed by atoms with E-state index in [2.05, 4.69) is 27.2 Å². The molecule has 0 unspecified atom stereocenters. The van der Waals surface area contributed by atoms with Crippen molar-refractivity contribution >= 4 is 17.8 Å². The van der Waals surface area contributed by atoms with Crippen LogP contribution in [0, 0.1) is 6.92 Å². The number of hydrogen-bond donors (Lipinski definition) is 2. The van der Waals surface area contributed by atoms with Crippen LogP contribution in [0.2, 0.25) is 0 Å². The summed E-state index contributed by atoms with van der Waals surface area (Å²) < 4.78 is 68.5. The van der Waals surface area contributed by atoms with E-state index in [0.717, 1.165) is 43.9 Å². The second-order valence-electron chi connectivity index (χ2n) is 7.93. The second-order valence-corrected chi connectivity index (χ2v) is 7.93. The molecule has 0 aliphatic carbocycles. The Hall–Kier alpha value is -3.69. The van der Waals surface area contributed by atoms with Crippen LogP contribution < -0.4 is 0 Å². The van der Waals surface area contributed by atoms with Crippen molar-refractivity contribution in [2.75, 3.05) is 13.1 Å². The van der Waals surface area contributed by atoms with E-state index in [1.54, 1.807) is 6.07 Å². The third-order valence-electron chi connectivity index (χ3n) is 5.40. The van der Waals surface area contributed by atoms with Gasteiger partial charge in [-0.1, -0.05) is 11.2 Å². The lowest BCUT2D eigenvalue weighted by molar-refractivity contribution is -0.193. The molecule has 0 spiro atoms. The molecule has 2 saturated heterocycles. The molecule has 0 aromatic carbocycles. The minimum atomic E-state index is -5.08. The quantitative estimate of drug-likeness (QED) is 0.563. The summed E-state index contributed by atoms with van der Waals surface area (Å²) in [4.78, 5) is 39.3. The molecule has 37 heavy (non-hydrogen) atoms. The van der Waals surface area contributed by atoms with Crippen molar-refractivity contribution in [1.29, 1.82) is 0 Å². The molecule has 10 nitrogen and oxygen atoms in total. The van der Waals surface area contributed by atoms with Crippen molar-refractivity contribution in [1.82, 2.24) is 19.9 Å². The first kappa shape index (κ1) is 29.5. The van der Waals surface area contributed by atoms with E-state index in [-0.39, 0.29) is 11.9 Å². The zero-order chi connectivity index (χ0) is 28.0. The molecule has 2 aromatic rings. The molecule has 0 radical (unpaired) electrons. The van der Waals surface area contributed by atoms with Gasteiger partial charge in [0.05, 0.1) is 11.9 Å². The van der Waals surface area contributed by atoms with Crippen LogP contribution in [-0.2, 0) is 16.1 Å². The number of nitrogens with zero attached hydrogens (tertiary/aromatic N) is 4. The average Bonchev–Trinajstić information content (AvgIpc) is 3.52. The van der Waals surface area contributed by atoms with Gasteiger partial charge in [0.25, 0.3) is 5.91 Å². The van der Waals surface area contributed by atoms with Crippen LogP contribution in [0.3, 0.4) is 0 Å². The summed E-state index contributed by atoms with van der Waals surface area (Å²) in [5.41, 5.74) is 2.15. The van der Waals surface area contributed by atoms with Gasteiger partial charge in [-0.05, 0) is 31.9 Å². The van der Waals surface area contributed by atoms with Gasteiger partial charge in [-0.25, -0.2) is 9.59 Å². The monoisotopic (exact) mass is 540 g/mol. The fourth-order valence-corrected chi connectivity index (χ4v) is 3.89. The smallest absolute Gasteiger partial charge is 0.475 e. The Labute approximate surface area is 205 Å². The predicted octanol–water partition coefficient (Wildman–Crippen LogP) is 3.13. The summed E-state index contributed by atoms with van der Waals surface area (Å²) >= 11 is 0. The number of halogens is 6. The Morgan fingerprint density at radius 3 is 2.03 bits per heavy atom. The van der Waals surface area contributed by atoms with Crippen molar-refractivity contribution in [3.05, 3.63) is 47.6 Å². The first-order chi connectivity index (χ1) is 17.1. The van der Waals surface area contributed by atoms with Crippen molar-refractivity contribution in [2.24, 2.45) is 0 Å². The van der Waals surface area contributed by atoms with Crippen LogP contribution in [0.15, 0.2) is 35.0 Å². The van der Waals surface area contributed by atoms with E-state index in [1.165, 1.54) is 6.20 Å². The molecule has 4 rings (SSSR count). The second kappa shape index (κ2) is 12.0. The number of carboxylic acids is 2.